The molecule has 4 heteroatoms. The predicted molar refractivity (Wildman–Crippen MR) is 143 cm³/mol. The molecule has 1 aliphatic heterocycles. The number of esters is 1. The van der Waals surface area contributed by atoms with Crippen molar-refractivity contribution < 1.29 is 19.4 Å². The van der Waals surface area contributed by atoms with Crippen molar-refractivity contribution in [3.63, 3.8) is 0 Å². The normalized spacial score (nSPS) is 16.7. The van der Waals surface area contributed by atoms with E-state index in [2.05, 4.69) is 70.2 Å². The van der Waals surface area contributed by atoms with Crippen LogP contribution in [0.2, 0.25) is 0 Å². The van der Waals surface area contributed by atoms with Gasteiger partial charge in [-0.2, -0.15) is 0 Å². The highest BCUT2D eigenvalue weighted by atomic mass is 16.6. The monoisotopic (exact) mass is 478 g/mol. The second-order valence-electron chi connectivity index (χ2n) is 9.95. The van der Waals surface area contributed by atoms with Crippen molar-refractivity contribution in [1.82, 2.24) is 0 Å². The number of hydrogen-bond donors (Lipinski definition) is 1. The quantitative estimate of drug-likeness (QED) is 0.351. The van der Waals surface area contributed by atoms with Crippen molar-refractivity contribution in [1.29, 1.82) is 0 Å². The smallest absolute Gasteiger partial charge is 0.306 e. The fourth-order valence-corrected chi connectivity index (χ4v) is 5.12. The first-order valence-electron chi connectivity index (χ1n) is 13.2. The van der Waals surface area contributed by atoms with Gasteiger partial charge in [0.2, 0.25) is 0 Å². The number of aliphatic hydroxyl groups is 1. The van der Waals surface area contributed by atoms with Crippen LogP contribution < -0.4 is 4.74 Å². The molecule has 1 N–H and O–H groups in total. The number of ether oxygens (including phenoxy) is 2. The van der Waals surface area contributed by atoms with Crippen molar-refractivity contribution in [2.45, 2.75) is 97.2 Å². The molecular weight excluding hydrogens is 436 g/mol. The number of carbonyl (C=O) groups excluding carboxylic acids is 1. The van der Waals surface area contributed by atoms with Crippen LogP contribution in [0.4, 0.5) is 0 Å². The SMILES string of the molecule is CCC(O)(/C=C/c1ccc(C(CC)(CC)c2ccc(OC[C@H]3CCC(=O)O3)c(C)c2)cc1C)CC. The summed E-state index contributed by atoms with van der Waals surface area (Å²) in [4.78, 5) is 11.3. The van der Waals surface area contributed by atoms with E-state index < -0.39 is 5.60 Å². The molecule has 0 saturated carbocycles. The van der Waals surface area contributed by atoms with Gasteiger partial charge in [0, 0.05) is 11.8 Å². The van der Waals surface area contributed by atoms with E-state index in [0.29, 0.717) is 25.9 Å². The Labute approximate surface area is 211 Å². The average molecular weight is 479 g/mol. The molecule has 35 heavy (non-hydrogen) atoms. The highest BCUT2D eigenvalue weighted by molar-refractivity contribution is 5.71. The molecule has 0 radical (unpaired) electrons. The van der Waals surface area contributed by atoms with Gasteiger partial charge in [-0.3, -0.25) is 4.79 Å². The summed E-state index contributed by atoms with van der Waals surface area (Å²) in [6.07, 6.45) is 8.45. The van der Waals surface area contributed by atoms with E-state index in [-0.39, 0.29) is 17.5 Å². The molecule has 0 amide bonds. The molecule has 1 saturated heterocycles. The van der Waals surface area contributed by atoms with Crippen LogP contribution in [0.3, 0.4) is 0 Å². The summed E-state index contributed by atoms with van der Waals surface area (Å²) in [7, 11) is 0. The third-order valence-electron chi connectivity index (χ3n) is 7.95. The lowest BCUT2D eigenvalue weighted by atomic mass is 9.70. The Morgan fingerprint density at radius 2 is 1.60 bits per heavy atom. The molecule has 0 bridgehead atoms. The second-order valence-corrected chi connectivity index (χ2v) is 9.95. The van der Waals surface area contributed by atoms with Gasteiger partial charge in [-0.15, -0.1) is 0 Å². The average Bonchev–Trinajstić information content (AvgIpc) is 3.28. The Morgan fingerprint density at radius 3 is 2.11 bits per heavy atom. The van der Waals surface area contributed by atoms with Crippen LogP contribution >= 0.6 is 0 Å². The number of benzene rings is 2. The summed E-state index contributed by atoms with van der Waals surface area (Å²) in [6.45, 7) is 13.2. The van der Waals surface area contributed by atoms with Gasteiger partial charge >= 0.3 is 5.97 Å². The molecular formula is C31H42O4. The second kappa shape index (κ2) is 11.4. The number of hydrogen-bond acceptors (Lipinski definition) is 4. The highest BCUT2D eigenvalue weighted by Gasteiger charge is 2.32. The molecule has 0 aromatic heterocycles. The topological polar surface area (TPSA) is 55.8 Å². The molecule has 1 aliphatic rings. The van der Waals surface area contributed by atoms with Crippen molar-refractivity contribution in [3.8, 4) is 5.75 Å². The molecule has 4 nitrogen and oxygen atoms in total. The first-order valence-corrected chi connectivity index (χ1v) is 13.2. The largest absolute Gasteiger partial charge is 0.489 e. The molecule has 1 fully saturated rings. The Bertz CT molecular complexity index is 1040. The lowest BCUT2D eigenvalue weighted by molar-refractivity contribution is -0.142. The number of rotatable bonds is 11. The van der Waals surface area contributed by atoms with E-state index in [1.54, 1.807) is 0 Å². The van der Waals surface area contributed by atoms with Crippen LogP contribution in [0.15, 0.2) is 42.5 Å². The Balaban J connectivity index is 1.86. The first-order chi connectivity index (χ1) is 16.7. The third-order valence-corrected chi connectivity index (χ3v) is 7.95. The molecule has 1 heterocycles. The molecule has 2 aromatic rings. The van der Waals surface area contributed by atoms with E-state index >= 15 is 0 Å². The Kier molecular flexibility index (Phi) is 8.82. The third kappa shape index (κ3) is 5.98. The summed E-state index contributed by atoms with van der Waals surface area (Å²) >= 11 is 0. The Hall–Kier alpha value is -2.59. The number of cyclic esters (lactones) is 1. The first kappa shape index (κ1) is 27.0. The van der Waals surface area contributed by atoms with Crippen molar-refractivity contribution >= 4 is 12.0 Å². The lowest BCUT2D eigenvalue weighted by Gasteiger charge is -2.34. The van der Waals surface area contributed by atoms with Crippen LogP contribution in [0.1, 0.15) is 94.0 Å². The van der Waals surface area contributed by atoms with Crippen LogP contribution in [0, 0.1) is 13.8 Å². The minimum Gasteiger partial charge on any atom is -0.489 e. The maximum atomic E-state index is 11.3. The molecule has 2 aromatic carbocycles. The van der Waals surface area contributed by atoms with Gasteiger partial charge in [0.25, 0.3) is 0 Å². The molecule has 1 atom stereocenters. The summed E-state index contributed by atoms with van der Waals surface area (Å²) < 4.78 is 11.3. The maximum absolute atomic E-state index is 11.3. The molecule has 0 aliphatic carbocycles. The maximum Gasteiger partial charge on any atom is 0.306 e. The standard InChI is InChI=1S/C31H42O4/c1-7-30(33,8-2)18-17-24-11-12-25(19-22(24)5)31(9-3,10-4)26-13-15-28(23(6)20-26)34-21-27-14-16-29(32)35-27/h11-13,15,17-20,27,33H,7-10,14,16,21H2,1-6H3/b18-17+/t27-/m1/s1. The zero-order valence-electron chi connectivity index (χ0n) is 22.3. The van der Waals surface area contributed by atoms with E-state index in [0.717, 1.165) is 36.1 Å². The van der Waals surface area contributed by atoms with Crippen LogP contribution in [0.25, 0.3) is 6.08 Å². The fourth-order valence-electron chi connectivity index (χ4n) is 5.12. The molecule has 3 rings (SSSR count). The van der Waals surface area contributed by atoms with E-state index in [1.165, 1.54) is 16.7 Å². The van der Waals surface area contributed by atoms with Gasteiger partial charge in [-0.05, 0) is 79.8 Å². The fraction of sp³-hybridized carbons (Fsp3) is 0.516. The summed E-state index contributed by atoms with van der Waals surface area (Å²) in [5.74, 6) is 0.707. The zero-order chi connectivity index (χ0) is 25.6. The van der Waals surface area contributed by atoms with Gasteiger partial charge in [-0.25, -0.2) is 0 Å². The van der Waals surface area contributed by atoms with Gasteiger partial charge in [-0.1, -0.05) is 70.2 Å². The summed E-state index contributed by atoms with van der Waals surface area (Å²) in [5.41, 5.74) is 5.20. The van der Waals surface area contributed by atoms with Crippen LogP contribution in [-0.4, -0.2) is 29.4 Å². The Morgan fingerprint density at radius 1 is 0.971 bits per heavy atom. The van der Waals surface area contributed by atoms with E-state index in [1.807, 2.05) is 19.9 Å². The van der Waals surface area contributed by atoms with Gasteiger partial charge in [0.1, 0.15) is 18.5 Å². The molecule has 0 unspecified atom stereocenters. The minimum absolute atomic E-state index is 0.0924. The lowest BCUT2D eigenvalue weighted by Crippen LogP contribution is -2.26. The predicted octanol–water partition coefficient (Wildman–Crippen LogP) is 7.06. The van der Waals surface area contributed by atoms with Crippen LogP contribution in [0.5, 0.6) is 5.75 Å². The van der Waals surface area contributed by atoms with Gasteiger partial charge in [0.15, 0.2) is 0 Å². The molecule has 190 valence electrons. The van der Waals surface area contributed by atoms with Crippen molar-refractivity contribution in [3.05, 3.63) is 70.3 Å². The number of aryl methyl sites for hydroxylation is 2. The summed E-state index contributed by atoms with van der Waals surface area (Å²) in [5, 5.41) is 10.6. The number of carbonyl (C=O) groups is 1. The van der Waals surface area contributed by atoms with Crippen molar-refractivity contribution in [2.75, 3.05) is 6.61 Å². The van der Waals surface area contributed by atoms with Crippen molar-refractivity contribution in [2.24, 2.45) is 0 Å². The van der Waals surface area contributed by atoms with Crippen LogP contribution in [-0.2, 0) is 14.9 Å². The minimum atomic E-state index is -0.748. The van der Waals surface area contributed by atoms with E-state index in [4.69, 9.17) is 9.47 Å². The van der Waals surface area contributed by atoms with E-state index in [9.17, 15) is 9.90 Å². The van der Waals surface area contributed by atoms with Gasteiger partial charge < -0.3 is 14.6 Å². The zero-order valence-corrected chi connectivity index (χ0v) is 22.3. The summed E-state index contributed by atoms with van der Waals surface area (Å²) in [6, 6.07) is 13.2. The molecule has 0 spiro atoms. The highest BCUT2D eigenvalue weighted by Crippen LogP contribution is 2.41. The van der Waals surface area contributed by atoms with Gasteiger partial charge in [0.05, 0.1) is 5.60 Å².